The third-order valence-electron chi connectivity index (χ3n) is 8.87. The van der Waals surface area contributed by atoms with Crippen molar-refractivity contribution in [1.82, 2.24) is 0 Å². The number of aliphatic hydroxyl groups excluding tert-OH is 11. The molecule has 0 aromatic heterocycles. The quantitative estimate of drug-likeness (QED) is 0.0846. The molecule has 0 aliphatic carbocycles. The van der Waals surface area contributed by atoms with Crippen LogP contribution in [0.1, 0.15) is 0 Å². The summed E-state index contributed by atoms with van der Waals surface area (Å²) in [5, 5.41) is 114. The van der Waals surface area contributed by atoms with Crippen molar-refractivity contribution in [3.63, 3.8) is 0 Å². The van der Waals surface area contributed by atoms with E-state index in [1.54, 1.807) is 0 Å². The Labute approximate surface area is 274 Å². The highest BCUT2D eigenvalue weighted by molar-refractivity contribution is 4.96. The summed E-state index contributed by atoms with van der Waals surface area (Å²) in [5.74, 6) is 0. The van der Waals surface area contributed by atoms with Crippen molar-refractivity contribution in [2.45, 2.75) is 123 Å². The topological polar surface area (TPSA) is 315 Å². The lowest BCUT2D eigenvalue weighted by Gasteiger charge is -2.47. The van der Waals surface area contributed by atoms with Crippen molar-refractivity contribution in [3.05, 3.63) is 0 Å². The molecular weight excluding hydrogens is 660 g/mol. The summed E-state index contributed by atoms with van der Waals surface area (Å²) in [6.07, 6.45) is -30.2. The van der Waals surface area contributed by atoms with E-state index < -0.39 is 149 Å². The number of hydrogen-bond donors (Lipinski definition) is 11. The van der Waals surface area contributed by atoms with Crippen molar-refractivity contribution >= 4 is 0 Å². The maximum atomic E-state index is 11.1. The molecule has 4 saturated heterocycles. The standard InChI is InChI=1S/C27H48O21/c1-39-21-13(31)8(4-28)44-25(18(21)36)43-7-11-15(33)22(40-2)19(37)27(47-11)48-23-14(32)9(5-29)45-26(20(23)38)42-6-10-12(30)16(34)17(35)24(41-3)46-10/h8-38H,4-7H2,1-3H3/t8?,9?,10?,11?,12-,13-,14?,15-,16?,17+,18+,19?,20?,21+,22+,23+,24+,25?,26+,27-/m1/s1. The van der Waals surface area contributed by atoms with Crippen molar-refractivity contribution in [1.29, 1.82) is 0 Å². The van der Waals surface area contributed by atoms with E-state index in [0.29, 0.717) is 0 Å². The zero-order valence-electron chi connectivity index (χ0n) is 26.4. The summed E-state index contributed by atoms with van der Waals surface area (Å²) in [4.78, 5) is 0. The summed E-state index contributed by atoms with van der Waals surface area (Å²) in [5.41, 5.74) is 0. The van der Waals surface area contributed by atoms with Gasteiger partial charge in [-0.15, -0.1) is 0 Å². The first kappa shape index (κ1) is 39.9. The van der Waals surface area contributed by atoms with E-state index in [1.165, 1.54) is 21.3 Å². The van der Waals surface area contributed by atoms with Crippen LogP contribution in [-0.4, -0.2) is 227 Å². The molecule has 0 spiro atoms. The van der Waals surface area contributed by atoms with Crippen LogP contribution in [0, 0.1) is 0 Å². The predicted octanol–water partition coefficient (Wildman–Crippen LogP) is -7.79. The molecule has 0 aromatic rings. The van der Waals surface area contributed by atoms with Crippen molar-refractivity contribution in [3.8, 4) is 0 Å². The van der Waals surface area contributed by atoms with E-state index in [9.17, 15) is 56.2 Å². The van der Waals surface area contributed by atoms with Gasteiger partial charge in [0.05, 0.1) is 26.4 Å². The maximum absolute atomic E-state index is 11.1. The average Bonchev–Trinajstić information content (AvgIpc) is 3.07. The molecule has 4 rings (SSSR count). The molecule has 0 aromatic carbocycles. The fraction of sp³-hybridized carbons (Fsp3) is 1.00. The third-order valence-corrected chi connectivity index (χ3v) is 8.87. The maximum Gasteiger partial charge on any atom is 0.187 e. The molecular formula is C27H48O21. The smallest absolute Gasteiger partial charge is 0.187 e. The Bertz CT molecular complexity index is 964. The Morgan fingerprint density at radius 2 is 0.792 bits per heavy atom. The first-order valence-electron chi connectivity index (χ1n) is 15.3. The lowest BCUT2D eigenvalue weighted by atomic mass is 9.96. The van der Waals surface area contributed by atoms with E-state index >= 15 is 0 Å². The van der Waals surface area contributed by atoms with Gasteiger partial charge < -0.3 is 104 Å². The first-order valence-corrected chi connectivity index (χ1v) is 15.3. The average molecular weight is 709 g/mol. The fourth-order valence-electron chi connectivity index (χ4n) is 6.04. The Morgan fingerprint density at radius 1 is 0.396 bits per heavy atom. The van der Waals surface area contributed by atoms with Gasteiger partial charge >= 0.3 is 0 Å². The molecule has 4 aliphatic rings. The number of hydrogen-bond acceptors (Lipinski definition) is 21. The zero-order chi connectivity index (χ0) is 35.4. The van der Waals surface area contributed by atoms with Crippen LogP contribution in [0.25, 0.3) is 0 Å². The van der Waals surface area contributed by atoms with Crippen LogP contribution in [0.15, 0.2) is 0 Å². The van der Waals surface area contributed by atoms with E-state index in [1.807, 2.05) is 0 Å². The Hall–Kier alpha value is -0.840. The van der Waals surface area contributed by atoms with E-state index in [0.717, 1.165) is 0 Å². The first-order chi connectivity index (χ1) is 22.8. The molecule has 0 amide bonds. The van der Waals surface area contributed by atoms with Gasteiger partial charge in [-0.2, -0.15) is 0 Å². The van der Waals surface area contributed by atoms with Crippen LogP contribution in [-0.2, 0) is 47.4 Å². The molecule has 48 heavy (non-hydrogen) atoms. The predicted molar refractivity (Wildman–Crippen MR) is 148 cm³/mol. The molecule has 0 bridgehead atoms. The monoisotopic (exact) mass is 708 g/mol. The minimum absolute atomic E-state index is 0.531. The molecule has 20 atom stereocenters. The Balaban J connectivity index is 1.44. The molecule has 0 radical (unpaired) electrons. The van der Waals surface area contributed by atoms with Gasteiger partial charge in [-0.3, -0.25) is 0 Å². The van der Waals surface area contributed by atoms with Gasteiger partial charge in [-0.05, 0) is 0 Å². The highest BCUT2D eigenvalue weighted by atomic mass is 16.8. The van der Waals surface area contributed by atoms with Gasteiger partial charge in [0, 0.05) is 21.3 Å². The molecule has 0 saturated carbocycles. The molecule has 4 fully saturated rings. The Kier molecular flexibility index (Phi) is 14.6. The summed E-state index contributed by atoms with van der Waals surface area (Å²) < 4.78 is 54.3. The summed E-state index contributed by atoms with van der Waals surface area (Å²) in [6.45, 7) is -2.49. The van der Waals surface area contributed by atoms with Gasteiger partial charge in [-0.25, -0.2) is 0 Å². The van der Waals surface area contributed by atoms with Crippen LogP contribution in [0.5, 0.6) is 0 Å². The van der Waals surface area contributed by atoms with Gasteiger partial charge in [0.2, 0.25) is 0 Å². The molecule has 9 unspecified atom stereocenters. The molecule has 21 heteroatoms. The van der Waals surface area contributed by atoms with Crippen molar-refractivity contribution in [2.24, 2.45) is 0 Å². The van der Waals surface area contributed by atoms with Crippen LogP contribution in [0.2, 0.25) is 0 Å². The number of methoxy groups -OCH3 is 3. The SMILES string of the molecule is CO[C@H]1OC(CO[C@H]2OC(CO)C(O)[C@H](O[C@H]3OC(COC4OC(CO)[C@@H](O)[C@H](OC)[C@@H]4O)[C@@H](O)[C@H](OC)C3O)C2O)[C@@H](O)C(O)[C@@H]1O. The van der Waals surface area contributed by atoms with Crippen molar-refractivity contribution < 1.29 is 104 Å². The molecule has 21 nitrogen and oxygen atoms in total. The number of aliphatic hydroxyl groups is 11. The zero-order valence-corrected chi connectivity index (χ0v) is 26.4. The molecule has 4 heterocycles. The van der Waals surface area contributed by atoms with E-state index in [-0.39, 0.29) is 0 Å². The molecule has 11 N–H and O–H groups in total. The number of ether oxygens (including phenoxy) is 10. The highest BCUT2D eigenvalue weighted by Crippen LogP contribution is 2.32. The lowest BCUT2D eigenvalue weighted by molar-refractivity contribution is -0.370. The summed E-state index contributed by atoms with van der Waals surface area (Å²) >= 11 is 0. The van der Waals surface area contributed by atoms with E-state index in [2.05, 4.69) is 0 Å². The minimum Gasteiger partial charge on any atom is -0.394 e. The second-order valence-corrected chi connectivity index (χ2v) is 11.9. The van der Waals surface area contributed by atoms with Crippen LogP contribution in [0.3, 0.4) is 0 Å². The van der Waals surface area contributed by atoms with Crippen molar-refractivity contribution in [2.75, 3.05) is 47.8 Å². The minimum atomic E-state index is -1.84. The van der Waals surface area contributed by atoms with Gasteiger partial charge in [-0.1, -0.05) is 0 Å². The Morgan fingerprint density at radius 3 is 1.27 bits per heavy atom. The summed E-state index contributed by atoms with van der Waals surface area (Å²) in [6, 6.07) is 0. The van der Waals surface area contributed by atoms with Crippen LogP contribution in [0.4, 0.5) is 0 Å². The largest absolute Gasteiger partial charge is 0.394 e. The number of rotatable bonds is 13. The normalized spacial score (nSPS) is 50.4. The van der Waals surface area contributed by atoms with Gasteiger partial charge in [0.1, 0.15) is 97.7 Å². The molecule has 282 valence electrons. The van der Waals surface area contributed by atoms with Crippen LogP contribution >= 0.6 is 0 Å². The second kappa shape index (κ2) is 17.6. The van der Waals surface area contributed by atoms with Gasteiger partial charge in [0.25, 0.3) is 0 Å². The summed E-state index contributed by atoms with van der Waals surface area (Å²) in [7, 11) is 3.61. The highest BCUT2D eigenvalue weighted by Gasteiger charge is 2.53. The van der Waals surface area contributed by atoms with Crippen LogP contribution < -0.4 is 0 Å². The second-order valence-electron chi connectivity index (χ2n) is 11.9. The third kappa shape index (κ3) is 8.28. The van der Waals surface area contributed by atoms with Gasteiger partial charge in [0.15, 0.2) is 25.2 Å². The lowest BCUT2D eigenvalue weighted by Crippen LogP contribution is -2.65. The fourth-order valence-corrected chi connectivity index (χ4v) is 6.04. The molecule has 4 aliphatic heterocycles. The van der Waals surface area contributed by atoms with E-state index in [4.69, 9.17) is 47.4 Å².